The number of halogens is 2. The van der Waals surface area contributed by atoms with Crippen LogP contribution in [0.2, 0.25) is 9.49 Å². The van der Waals surface area contributed by atoms with Gasteiger partial charge in [0, 0.05) is 17.0 Å². The standard InChI is InChI=1S/C13H15Cl2N3S/c1-8(2)11-12(15)17-7-18-13(11)16-6-5-9-3-4-10(14)19-9/h3-4,7-8H,5-6H2,1-2H3,(H,16,17,18). The summed E-state index contributed by atoms with van der Waals surface area (Å²) in [7, 11) is 0. The van der Waals surface area contributed by atoms with Crippen molar-refractivity contribution in [2.24, 2.45) is 0 Å². The Hall–Kier alpha value is -0.840. The van der Waals surface area contributed by atoms with Crippen molar-refractivity contribution in [1.29, 1.82) is 0 Å². The SMILES string of the molecule is CC(C)c1c(Cl)ncnc1NCCc1ccc(Cl)s1. The molecule has 102 valence electrons. The Morgan fingerprint density at radius 2 is 2.05 bits per heavy atom. The molecule has 2 heterocycles. The van der Waals surface area contributed by atoms with Crippen molar-refractivity contribution in [3.05, 3.63) is 38.4 Å². The molecule has 0 saturated heterocycles. The Morgan fingerprint density at radius 1 is 1.26 bits per heavy atom. The fourth-order valence-corrected chi connectivity index (χ4v) is 3.26. The lowest BCUT2D eigenvalue weighted by atomic mass is 10.1. The van der Waals surface area contributed by atoms with Crippen molar-refractivity contribution >= 4 is 40.4 Å². The van der Waals surface area contributed by atoms with Crippen LogP contribution in [0.3, 0.4) is 0 Å². The molecule has 2 aromatic heterocycles. The summed E-state index contributed by atoms with van der Waals surface area (Å²) in [6.07, 6.45) is 2.40. The quantitative estimate of drug-likeness (QED) is 0.818. The average Bonchev–Trinajstić information content (AvgIpc) is 2.74. The summed E-state index contributed by atoms with van der Waals surface area (Å²) in [4.78, 5) is 9.55. The molecule has 0 aliphatic rings. The zero-order chi connectivity index (χ0) is 13.8. The first kappa shape index (κ1) is 14.6. The number of thiophene rings is 1. The molecule has 0 unspecified atom stereocenters. The van der Waals surface area contributed by atoms with Crippen LogP contribution in [0, 0.1) is 0 Å². The lowest BCUT2D eigenvalue weighted by Gasteiger charge is -2.13. The van der Waals surface area contributed by atoms with Gasteiger partial charge in [0.2, 0.25) is 0 Å². The van der Waals surface area contributed by atoms with Crippen LogP contribution in [-0.4, -0.2) is 16.5 Å². The summed E-state index contributed by atoms with van der Waals surface area (Å²) in [6, 6.07) is 3.97. The van der Waals surface area contributed by atoms with Crippen molar-refractivity contribution < 1.29 is 0 Å². The third-order valence-corrected chi connectivity index (χ3v) is 4.30. The molecule has 0 spiro atoms. The molecule has 2 aromatic rings. The molecule has 0 aliphatic heterocycles. The van der Waals surface area contributed by atoms with Crippen LogP contribution < -0.4 is 5.32 Å². The molecular weight excluding hydrogens is 301 g/mol. The molecule has 1 N–H and O–H groups in total. The number of aromatic nitrogens is 2. The fourth-order valence-electron chi connectivity index (χ4n) is 1.82. The molecule has 0 atom stereocenters. The predicted octanol–water partition coefficient (Wildman–Crippen LogP) is 4.62. The molecule has 0 saturated carbocycles. The summed E-state index contributed by atoms with van der Waals surface area (Å²) in [6.45, 7) is 4.95. The molecule has 6 heteroatoms. The minimum Gasteiger partial charge on any atom is -0.369 e. The lowest BCUT2D eigenvalue weighted by Crippen LogP contribution is -2.09. The maximum absolute atomic E-state index is 6.12. The van der Waals surface area contributed by atoms with E-state index in [-0.39, 0.29) is 5.92 Å². The van der Waals surface area contributed by atoms with E-state index in [2.05, 4.69) is 29.1 Å². The highest BCUT2D eigenvalue weighted by Gasteiger charge is 2.13. The second-order valence-corrected chi connectivity index (χ2v) is 6.62. The molecule has 0 amide bonds. The number of hydrogen-bond acceptors (Lipinski definition) is 4. The Kier molecular flexibility index (Phi) is 5.02. The van der Waals surface area contributed by atoms with E-state index < -0.39 is 0 Å². The molecular formula is C13H15Cl2N3S. The van der Waals surface area contributed by atoms with E-state index in [9.17, 15) is 0 Å². The van der Waals surface area contributed by atoms with Crippen LogP contribution in [0.4, 0.5) is 5.82 Å². The number of rotatable bonds is 5. The second-order valence-electron chi connectivity index (χ2n) is 4.46. The Labute approximate surface area is 127 Å². The van der Waals surface area contributed by atoms with E-state index in [0.29, 0.717) is 5.15 Å². The van der Waals surface area contributed by atoms with Crippen LogP contribution >= 0.6 is 34.5 Å². The summed E-state index contributed by atoms with van der Waals surface area (Å²) < 4.78 is 0.822. The van der Waals surface area contributed by atoms with Gasteiger partial charge in [-0.3, -0.25) is 0 Å². The van der Waals surface area contributed by atoms with Gasteiger partial charge >= 0.3 is 0 Å². The van der Waals surface area contributed by atoms with Crippen molar-refractivity contribution in [3.8, 4) is 0 Å². The molecule has 19 heavy (non-hydrogen) atoms. The minimum absolute atomic E-state index is 0.285. The highest BCUT2D eigenvalue weighted by atomic mass is 35.5. The van der Waals surface area contributed by atoms with E-state index >= 15 is 0 Å². The molecule has 0 aromatic carbocycles. The monoisotopic (exact) mass is 315 g/mol. The van der Waals surface area contributed by atoms with Gasteiger partial charge in [-0.2, -0.15) is 0 Å². The second kappa shape index (κ2) is 6.55. The number of anilines is 1. The zero-order valence-corrected chi connectivity index (χ0v) is 13.1. The summed E-state index contributed by atoms with van der Waals surface area (Å²) in [5.41, 5.74) is 0.966. The third kappa shape index (κ3) is 3.81. The van der Waals surface area contributed by atoms with Crippen molar-refractivity contribution in [2.45, 2.75) is 26.2 Å². The predicted molar refractivity (Wildman–Crippen MR) is 82.7 cm³/mol. The van der Waals surface area contributed by atoms with Gasteiger partial charge in [-0.25, -0.2) is 9.97 Å². The Morgan fingerprint density at radius 3 is 2.68 bits per heavy atom. The largest absolute Gasteiger partial charge is 0.369 e. The van der Waals surface area contributed by atoms with Gasteiger partial charge in [0.1, 0.15) is 17.3 Å². The van der Waals surface area contributed by atoms with E-state index in [1.165, 1.54) is 11.2 Å². The molecule has 2 rings (SSSR count). The van der Waals surface area contributed by atoms with Crippen LogP contribution in [0.15, 0.2) is 18.5 Å². The molecule has 0 bridgehead atoms. The van der Waals surface area contributed by atoms with Crippen LogP contribution in [-0.2, 0) is 6.42 Å². The number of hydrogen-bond donors (Lipinski definition) is 1. The van der Waals surface area contributed by atoms with E-state index in [0.717, 1.165) is 28.7 Å². The van der Waals surface area contributed by atoms with Crippen molar-refractivity contribution in [2.75, 3.05) is 11.9 Å². The molecule has 0 radical (unpaired) electrons. The molecule has 0 fully saturated rings. The van der Waals surface area contributed by atoms with Gasteiger partial charge < -0.3 is 5.32 Å². The lowest BCUT2D eigenvalue weighted by molar-refractivity contribution is 0.843. The smallest absolute Gasteiger partial charge is 0.138 e. The number of nitrogens with zero attached hydrogens (tertiary/aromatic N) is 2. The van der Waals surface area contributed by atoms with Gasteiger partial charge in [0.25, 0.3) is 0 Å². The van der Waals surface area contributed by atoms with Crippen LogP contribution in [0.5, 0.6) is 0 Å². The van der Waals surface area contributed by atoms with Crippen molar-refractivity contribution in [1.82, 2.24) is 9.97 Å². The maximum Gasteiger partial charge on any atom is 0.138 e. The van der Waals surface area contributed by atoms with Crippen molar-refractivity contribution in [3.63, 3.8) is 0 Å². The Bertz CT molecular complexity index is 555. The van der Waals surface area contributed by atoms with Gasteiger partial charge in [0.05, 0.1) is 4.34 Å². The first-order valence-electron chi connectivity index (χ1n) is 6.06. The zero-order valence-electron chi connectivity index (χ0n) is 10.8. The molecule has 3 nitrogen and oxygen atoms in total. The third-order valence-electron chi connectivity index (χ3n) is 2.71. The van der Waals surface area contributed by atoms with Gasteiger partial charge in [-0.1, -0.05) is 37.0 Å². The average molecular weight is 316 g/mol. The molecule has 0 aliphatic carbocycles. The highest BCUT2D eigenvalue weighted by molar-refractivity contribution is 7.16. The van der Waals surface area contributed by atoms with Crippen LogP contribution in [0.1, 0.15) is 30.2 Å². The van der Waals surface area contributed by atoms with Gasteiger partial charge in [-0.15, -0.1) is 11.3 Å². The summed E-state index contributed by atoms with van der Waals surface area (Å²) in [5, 5.41) is 3.84. The van der Waals surface area contributed by atoms with Crippen LogP contribution in [0.25, 0.3) is 0 Å². The highest BCUT2D eigenvalue weighted by Crippen LogP contribution is 2.28. The maximum atomic E-state index is 6.12. The summed E-state index contributed by atoms with van der Waals surface area (Å²) >= 11 is 13.6. The van der Waals surface area contributed by atoms with E-state index in [1.807, 2.05) is 12.1 Å². The van der Waals surface area contributed by atoms with Gasteiger partial charge in [-0.05, 0) is 24.5 Å². The Balaban J connectivity index is 2.01. The minimum atomic E-state index is 0.285. The van der Waals surface area contributed by atoms with E-state index in [4.69, 9.17) is 23.2 Å². The fraction of sp³-hybridized carbons (Fsp3) is 0.385. The topological polar surface area (TPSA) is 37.8 Å². The van der Waals surface area contributed by atoms with E-state index in [1.54, 1.807) is 11.3 Å². The number of nitrogens with one attached hydrogen (secondary N) is 1. The van der Waals surface area contributed by atoms with Gasteiger partial charge in [0.15, 0.2) is 0 Å². The first-order chi connectivity index (χ1) is 9.08. The first-order valence-corrected chi connectivity index (χ1v) is 7.63. The normalized spacial score (nSPS) is 11.0. The summed E-state index contributed by atoms with van der Waals surface area (Å²) in [5.74, 6) is 1.10.